The van der Waals surface area contributed by atoms with E-state index in [1.54, 1.807) is 56.4 Å². The molecule has 1 unspecified atom stereocenters. The first-order valence-corrected chi connectivity index (χ1v) is 15.3. The minimum atomic E-state index is -0.782. The molecule has 2 heterocycles. The summed E-state index contributed by atoms with van der Waals surface area (Å²) in [5, 5.41) is 8.60. The molecule has 4 rings (SSSR count). The summed E-state index contributed by atoms with van der Waals surface area (Å²) in [4.78, 5) is 68.4. The molecule has 12 heteroatoms. The molecule has 2 aromatic carbocycles. The number of nitrogens with one attached hydrogen (secondary N) is 5. The van der Waals surface area contributed by atoms with Crippen molar-refractivity contribution in [1.82, 2.24) is 40.8 Å². The lowest BCUT2D eigenvalue weighted by Gasteiger charge is -2.32. The number of aromatic amines is 2. The quantitative estimate of drug-likeness (QED) is 0.152. The summed E-state index contributed by atoms with van der Waals surface area (Å²) < 4.78 is 0. The Balaban J connectivity index is 1.32. The fraction of sp³-hybridized carbons (Fsp3) is 0.353. The van der Waals surface area contributed by atoms with Crippen LogP contribution in [-0.4, -0.2) is 80.2 Å². The molecule has 3 atom stereocenters. The van der Waals surface area contributed by atoms with Crippen LogP contribution in [0, 0.1) is 11.8 Å². The van der Waals surface area contributed by atoms with Crippen LogP contribution in [-0.2, 0) is 9.59 Å². The van der Waals surface area contributed by atoms with Crippen molar-refractivity contribution >= 4 is 23.6 Å². The zero-order valence-corrected chi connectivity index (χ0v) is 27.0. The van der Waals surface area contributed by atoms with Crippen LogP contribution in [0.5, 0.6) is 0 Å². The van der Waals surface area contributed by atoms with Gasteiger partial charge in [-0.15, -0.1) is 0 Å². The third kappa shape index (κ3) is 8.26. The molecule has 0 aliphatic heterocycles. The van der Waals surface area contributed by atoms with Gasteiger partial charge in [0.05, 0.1) is 36.4 Å². The number of H-pyrrole nitrogens is 2. The van der Waals surface area contributed by atoms with Crippen molar-refractivity contribution in [1.29, 1.82) is 0 Å². The second-order valence-corrected chi connectivity index (χ2v) is 12.0. The van der Waals surface area contributed by atoms with Gasteiger partial charge in [0.1, 0.15) is 12.1 Å². The van der Waals surface area contributed by atoms with Crippen molar-refractivity contribution in [3.8, 4) is 22.5 Å². The van der Waals surface area contributed by atoms with E-state index < -0.39 is 12.1 Å². The third-order valence-electron chi connectivity index (χ3n) is 7.95. The van der Waals surface area contributed by atoms with E-state index in [0.717, 1.165) is 22.5 Å². The molecule has 46 heavy (non-hydrogen) atoms. The topological polar surface area (TPSA) is 165 Å². The molecule has 4 aromatic rings. The fourth-order valence-corrected chi connectivity index (χ4v) is 4.86. The molecule has 0 bridgehead atoms. The first kappa shape index (κ1) is 33.6. The highest BCUT2D eigenvalue weighted by atomic mass is 16.2. The first-order chi connectivity index (χ1) is 22.0. The summed E-state index contributed by atoms with van der Waals surface area (Å²) in [7, 11) is 1.65. The summed E-state index contributed by atoms with van der Waals surface area (Å²) in [6, 6.07) is 12.1. The van der Waals surface area contributed by atoms with Crippen molar-refractivity contribution in [2.24, 2.45) is 11.8 Å². The average Bonchev–Trinajstić information content (AvgIpc) is 3.79. The lowest BCUT2D eigenvalue weighted by molar-refractivity contribution is -0.135. The molecule has 5 N–H and O–H groups in total. The van der Waals surface area contributed by atoms with Crippen molar-refractivity contribution < 1.29 is 19.2 Å². The Morgan fingerprint density at radius 3 is 1.52 bits per heavy atom. The van der Waals surface area contributed by atoms with E-state index in [2.05, 4.69) is 35.9 Å². The standard InChI is InChI=1S/C34H42N8O4/c1-20(2)29(40-31(43)25-11-7-23(8-12-25)27-16-35-18-38-27)33(45)37-15-22(5)42(6)34(46)30(21(3)4)41-32(44)26-13-9-24(10-14-26)28-17-36-19-39-28/h7-14,16-22,29-30H,15H2,1-6H3,(H,35,38)(H,36,39)(H,37,45)(H,40,43)(H,41,44)/t22?,29-,30-/m0/s1. The summed E-state index contributed by atoms with van der Waals surface area (Å²) in [5.41, 5.74) is 4.31. The van der Waals surface area contributed by atoms with Crippen LogP contribution in [0.15, 0.2) is 73.6 Å². The molecule has 0 aliphatic carbocycles. The molecule has 4 amide bonds. The average molecular weight is 627 g/mol. The minimum absolute atomic E-state index is 0.160. The fourth-order valence-electron chi connectivity index (χ4n) is 4.86. The Morgan fingerprint density at radius 2 is 1.13 bits per heavy atom. The predicted octanol–water partition coefficient (Wildman–Crippen LogP) is 3.64. The van der Waals surface area contributed by atoms with Crippen molar-refractivity contribution in [2.45, 2.75) is 52.7 Å². The highest BCUT2D eigenvalue weighted by Gasteiger charge is 2.31. The maximum atomic E-state index is 13.5. The normalized spacial score (nSPS) is 13.1. The van der Waals surface area contributed by atoms with E-state index in [9.17, 15) is 19.2 Å². The Kier molecular flexibility index (Phi) is 11.1. The molecule has 242 valence electrons. The lowest BCUT2D eigenvalue weighted by atomic mass is 10.0. The largest absolute Gasteiger partial charge is 0.352 e. The van der Waals surface area contributed by atoms with E-state index in [1.165, 1.54) is 4.90 Å². The number of likely N-dealkylation sites (N-methyl/N-ethyl adjacent to an activating group) is 1. The molecule has 0 saturated carbocycles. The maximum absolute atomic E-state index is 13.5. The summed E-state index contributed by atoms with van der Waals surface area (Å²) in [6.07, 6.45) is 6.57. The minimum Gasteiger partial charge on any atom is -0.352 e. The van der Waals surface area contributed by atoms with Gasteiger partial charge in [-0.05, 0) is 54.2 Å². The molecule has 0 aliphatic rings. The molecular weight excluding hydrogens is 584 g/mol. The number of carbonyl (C=O) groups is 4. The number of benzene rings is 2. The van der Waals surface area contributed by atoms with Gasteiger partial charge >= 0.3 is 0 Å². The number of nitrogens with zero attached hydrogens (tertiary/aromatic N) is 3. The summed E-state index contributed by atoms with van der Waals surface area (Å²) in [5.74, 6) is -1.71. The number of hydrogen-bond donors (Lipinski definition) is 5. The highest BCUT2D eigenvalue weighted by molar-refractivity contribution is 5.99. The monoisotopic (exact) mass is 626 g/mol. The second kappa shape index (κ2) is 15.2. The zero-order chi connectivity index (χ0) is 33.4. The van der Waals surface area contributed by atoms with E-state index >= 15 is 0 Å². The number of carbonyl (C=O) groups excluding carboxylic acids is 4. The second-order valence-electron chi connectivity index (χ2n) is 12.0. The van der Waals surface area contributed by atoms with Crippen molar-refractivity contribution in [3.05, 3.63) is 84.7 Å². The van der Waals surface area contributed by atoms with Gasteiger partial charge in [0.25, 0.3) is 11.8 Å². The van der Waals surface area contributed by atoms with Gasteiger partial charge in [-0.1, -0.05) is 52.0 Å². The molecule has 0 fully saturated rings. The molecule has 0 spiro atoms. The summed E-state index contributed by atoms with van der Waals surface area (Å²) >= 11 is 0. The SMILES string of the molecule is CC(C)[C@H](NC(=O)c1ccc(-c2cnc[nH]2)cc1)C(=O)NCC(C)N(C)C(=O)[C@@H](NC(=O)c1ccc(-c2cnc[nH]2)cc1)C(C)C. The van der Waals surface area contributed by atoms with Crippen LogP contribution in [0.3, 0.4) is 0 Å². The maximum Gasteiger partial charge on any atom is 0.251 e. The molecule has 0 saturated heterocycles. The first-order valence-electron chi connectivity index (χ1n) is 15.3. The summed E-state index contributed by atoms with van der Waals surface area (Å²) in [6.45, 7) is 9.41. The van der Waals surface area contributed by atoms with Gasteiger partial charge in [0.15, 0.2) is 0 Å². The van der Waals surface area contributed by atoms with E-state index in [4.69, 9.17) is 0 Å². The number of hydrogen-bond acceptors (Lipinski definition) is 6. The van der Waals surface area contributed by atoms with Crippen LogP contribution in [0.2, 0.25) is 0 Å². The number of imidazole rings is 2. The van der Waals surface area contributed by atoms with Gasteiger partial charge in [-0.3, -0.25) is 19.2 Å². The Morgan fingerprint density at radius 1 is 0.696 bits per heavy atom. The number of rotatable bonds is 13. The number of aromatic nitrogens is 4. The molecular formula is C34H42N8O4. The lowest BCUT2D eigenvalue weighted by Crippen LogP contribution is -2.55. The van der Waals surface area contributed by atoms with E-state index in [0.29, 0.717) is 11.1 Å². The van der Waals surface area contributed by atoms with E-state index in [-0.39, 0.29) is 48.1 Å². The van der Waals surface area contributed by atoms with Crippen LogP contribution in [0.1, 0.15) is 55.3 Å². The van der Waals surface area contributed by atoms with Gasteiger partial charge in [0.2, 0.25) is 11.8 Å². The molecule has 12 nitrogen and oxygen atoms in total. The predicted molar refractivity (Wildman–Crippen MR) is 175 cm³/mol. The van der Waals surface area contributed by atoms with Crippen LogP contribution in [0.25, 0.3) is 22.5 Å². The third-order valence-corrected chi connectivity index (χ3v) is 7.95. The van der Waals surface area contributed by atoms with E-state index in [1.807, 2.05) is 58.9 Å². The Labute approximate surface area is 268 Å². The van der Waals surface area contributed by atoms with Gasteiger partial charge in [-0.25, -0.2) is 9.97 Å². The van der Waals surface area contributed by atoms with Gasteiger partial charge in [-0.2, -0.15) is 0 Å². The highest BCUT2D eigenvalue weighted by Crippen LogP contribution is 2.18. The Hall–Kier alpha value is -5.26. The molecule has 0 radical (unpaired) electrons. The van der Waals surface area contributed by atoms with Crippen molar-refractivity contribution in [2.75, 3.05) is 13.6 Å². The van der Waals surface area contributed by atoms with Gasteiger partial charge in [0, 0.05) is 30.8 Å². The zero-order valence-electron chi connectivity index (χ0n) is 27.0. The Bertz CT molecular complexity index is 1600. The van der Waals surface area contributed by atoms with Crippen LogP contribution >= 0.6 is 0 Å². The van der Waals surface area contributed by atoms with Crippen LogP contribution < -0.4 is 16.0 Å². The number of amides is 4. The smallest absolute Gasteiger partial charge is 0.251 e. The molecule has 2 aromatic heterocycles. The van der Waals surface area contributed by atoms with Crippen molar-refractivity contribution in [3.63, 3.8) is 0 Å². The van der Waals surface area contributed by atoms with Crippen LogP contribution in [0.4, 0.5) is 0 Å². The van der Waals surface area contributed by atoms with Gasteiger partial charge < -0.3 is 30.8 Å².